The van der Waals surface area contributed by atoms with Crippen LogP contribution in [0.4, 0.5) is 0 Å². The monoisotopic (exact) mass is 282 g/mol. The summed E-state index contributed by atoms with van der Waals surface area (Å²) in [5, 5.41) is 1.43. The molecule has 15 heavy (non-hydrogen) atoms. The summed E-state index contributed by atoms with van der Waals surface area (Å²) in [5.41, 5.74) is 0. The van der Waals surface area contributed by atoms with Crippen molar-refractivity contribution in [3.8, 4) is 0 Å². The minimum absolute atomic E-state index is 0.0740. The van der Waals surface area contributed by atoms with E-state index in [1.807, 2.05) is 0 Å². The Morgan fingerprint density at radius 3 is 2.40 bits per heavy atom. The van der Waals surface area contributed by atoms with Gasteiger partial charge in [0.25, 0.3) is 0 Å². The quantitative estimate of drug-likeness (QED) is 0.580. The maximum Gasteiger partial charge on any atom is 0.0726 e. The molecular formula is C11H10Cl4. The van der Waals surface area contributed by atoms with Gasteiger partial charge in [0.05, 0.1) is 10.8 Å². The molecule has 4 bridgehead atoms. The van der Waals surface area contributed by atoms with Crippen LogP contribution in [0.25, 0.3) is 0 Å². The van der Waals surface area contributed by atoms with Crippen LogP contribution in [0.3, 0.4) is 0 Å². The van der Waals surface area contributed by atoms with Crippen molar-refractivity contribution in [1.29, 1.82) is 0 Å². The van der Waals surface area contributed by atoms with Gasteiger partial charge in [-0.25, -0.2) is 0 Å². The number of rotatable bonds is 0. The van der Waals surface area contributed by atoms with Crippen LogP contribution >= 0.6 is 46.4 Å². The van der Waals surface area contributed by atoms with E-state index >= 15 is 0 Å². The summed E-state index contributed by atoms with van der Waals surface area (Å²) >= 11 is 24.9. The highest BCUT2D eigenvalue weighted by Gasteiger charge is 2.53. The first-order valence-electron chi connectivity index (χ1n) is 5.12. The molecule has 0 aromatic rings. The molecule has 0 aromatic heterocycles. The molecule has 0 aromatic carbocycles. The van der Waals surface area contributed by atoms with Crippen LogP contribution in [0.5, 0.6) is 0 Å². The molecule has 6 atom stereocenters. The summed E-state index contributed by atoms with van der Waals surface area (Å²) < 4.78 is 0. The highest BCUT2D eigenvalue weighted by molar-refractivity contribution is 6.39. The van der Waals surface area contributed by atoms with E-state index in [9.17, 15) is 0 Å². The third-order valence-corrected chi connectivity index (χ3v) is 5.97. The second kappa shape index (κ2) is 3.57. The fraction of sp³-hybridized carbons (Fsp3) is 0.636. The van der Waals surface area contributed by atoms with Gasteiger partial charge >= 0.3 is 0 Å². The van der Waals surface area contributed by atoms with Crippen LogP contribution in [0.15, 0.2) is 22.2 Å². The van der Waals surface area contributed by atoms with E-state index in [-0.39, 0.29) is 10.8 Å². The number of hydrogen-bond acceptors (Lipinski definition) is 0. The van der Waals surface area contributed by atoms with Crippen LogP contribution < -0.4 is 0 Å². The minimum Gasteiger partial charge on any atom is -0.117 e. The molecule has 0 heterocycles. The van der Waals surface area contributed by atoms with Crippen molar-refractivity contribution >= 4 is 46.4 Å². The van der Waals surface area contributed by atoms with Gasteiger partial charge in [0, 0.05) is 10.1 Å². The standard InChI is InChI=1S/C11H10Cl4/c12-7-2-4-1-6-9(11(7)15)5(4)3-8(13)10(6)14/h2-6,9-11H,1H2/t4-,5?,6+,9+,10-,11-/m1/s1. The van der Waals surface area contributed by atoms with Gasteiger partial charge in [-0.15, -0.1) is 23.2 Å². The normalized spacial score (nSPS) is 52.5. The van der Waals surface area contributed by atoms with Gasteiger partial charge in [-0.1, -0.05) is 35.4 Å². The number of allylic oxidation sites excluding steroid dienone is 4. The predicted molar refractivity (Wildman–Crippen MR) is 65.7 cm³/mol. The summed E-state index contributed by atoms with van der Waals surface area (Å²) in [5.74, 6) is 1.69. The fourth-order valence-corrected chi connectivity index (χ4v) is 4.69. The molecule has 4 heteroatoms. The number of halogens is 4. The Balaban J connectivity index is 2.06. The van der Waals surface area contributed by atoms with Crippen LogP contribution in [-0.2, 0) is 0 Å². The van der Waals surface area contributed by atoms with Crippen LogP contribution in [0, 0.1) is 23.7 Å². The van der Waals surface area contributed by atoms with Gasteiger partial charge in [0.1, 0.15) is 0 Å². The van der Waals surface area contributed by atoms with E-state index < -0.39 is 0 Å². The van der Waals surface area contributed by atoms with Crippen molar-refractivity contribution in [3.63, 3.8) is 0 Å². The number of hydrogen-bond donors (Lipinski definition) is 0. The van der Waals surface area contributed by atoms with Gasteiger partial charge in [-0.05, 0) is 30.1 Å². The van der Waals surface area contributed by atoms with Crippen LogP contribution in [-0.4, -0.2) is 10.8 Å². The molecule has 3 aliphatic rings. The van der Waals surface area contributed by atoms with Crippen molar-refractivity contribution in [3.05, 3.63) is 22.2 Å². The lowest BCUT2D eigenvalue weighted by atomic mass is 9.76. The Morgan fingerprint density at radius 2 is 1.67 bits per heavy atom. The largest absolute Gasteiger partial charge is 0.117 e. The van der Waals surface area contributed by atoms with Crippen molar-refractivity contribution in [2.45, 2.75) is 17.2 Å². The maximum atomic E-state index is 6.34. The summed E-state index contributed by atoms with van der Waals surface area (Å²) in [7, 11) is 0. The predicted octanol–water partition coefficient (Wildman–Crippen LogP) is 4.34. The van der Waals surface area contributed by atoms with Crippen molar-refractivity contribution in [2.75, 3.05) is 0 Å². The zero-order valence-corrected chi connectivity index (χ0v) is 10.9. The Labute approximate surface area is 109 Å². The summed E-state index contributed by atoms with van der Waals surface area (Å²) in [4.78, 5) is 0. The first kappa shape index (κ1) is 10.8. The first-order valence-corrected chi connectivity index (χ1v) is 6.75. The first-order chi connectivity index (χ1) is 7.09. The Morgan fingerprint density at radius 1 is 1.00 bits per heavy atom. The van der Waals surface area contributed by atoms with E-state index in [0.29, 0.717) is 23.7 Å². The Kier molecular flexibility index (Phi) is 2.56. The van der Waals surface area contributed by atoms with Crippen LogP contribution in [0.2, 0.25) is 0 Å². The SMILES string of the molecule is ClC1=C[C@H]2C[C@H]3[C@H](C2C=C(Cl)[C@@H]3Cl)[C@@H]1Cl. The van der Waals surface area contributed by atoms with Crippen molar-refractivity contribution in [1.82, 2.24) is 0 Å². The molecule has 0 N–H and O–H groups in total. The van der Waals surface area contributed by atoms with Gasteiger partial charge in [-0.2, -0.15) is 0 Å². The third kappa shape index (κ3) is 1.42. The lowest BCUT2D eigenvalue weighted by Crippen LogP contribution is -2.35. The second-order valence-electron chi connectivity index (χ2n) is 4.62. The topological polar surface area (TPSA) is 0 Å². The molecule has 1 fully saturated rings. The van der Waals surface area contributed by atoms with Gasteiger partial charge < -0.3 is 0 Å². The zero-order chi connectivity index (χ0) is 10.7. The lowest BCUT2D eigenvalue weighted by Gasteiger charge is -2.36. The Bertz CT molecular complexity index is 360. The van der Waals surface area contributed by atoms with Crippen molar-refractivity contribution in [2.24, 2.45) is 23.7 Å². The second-order valence-corrected chi connectivity index (χ2v) is 6.44. The molecule has 1 saturated carbocycles. The molecule has 3 aliphatic carbocycles. The highest BCUT2D eigenvalue weighted by Crippen LogP contribution is 2.58. The van der Waals surface area contributed by atoms with E-state index in [1.54, 1.807) is 0 Å². The van der Waals surface area contributed by atoms with Gasteiger partial charge in [0.15, 0.2) is 0 Å². The zero-order valence-electron chi connectivity index (χ0n) is 7.84. The molecule has 0 spiro atoms. The molecular weight excluding hydrogens is 274 g/mol. The van der Waals surface area contributed by atoms with Gasteiger partial charge in [-0.3, -0.25) is 0 Å². The molecule has 0 aliphatic heterocycles. The van der Waals surface area contributed by atoms with E-state index in [2.05, 4.69) is 12.2 Å². The van der Waals surface area contributed by atoms with Crippen molar-refractivity contribution < 1.29 is 0 Å². The van der Waals surface area contributed by atoms with E-state index in [4.69, 9.17) is 46.4 Å². The fourth-order valence-electron chi connectivity index (χ4n) is 3.30. The highest BCUT2D eigenvalue weighted by atomic mass is 35.5. The summed E-state index contributed by atoms with van der Waals surface area (Å²) in [6.45, 7) is 0. The van der Waals surface area contributed by atoms with Gasteiger partial charge in [0.2, 0.25) is 0 Å². The smallest absolute Gasteiger partial charge is 0.0726 e. The molecule has 0 nitrogen and oxygen atoms in total. The minimum atomic E-state index is -0.0808. The number of alkyl halides is 2. The molecule has 1 unspecified atom stereocenters. The average molecular weight is 284 g/mol. The van der Waals surface area contributed by atoms with Crippen LogP contribution in [0.1, 0.15) is 6.42 Å². The molecule has 0 radical (unpaired) electrons. The maximum absolute atomic E-state index is 6.34. The molecule has 82 valence electrons. The molecule has 0 amide bonds. The molecule has 3 rings (SSSR count). The molecule has 0 saturated heterocycles. The summed E-state index contributed by atoms with van der Waals surface area (Å²) in [6, 6.07) is 0. The van der Waals surface area contributed by atoms with E-state index in [1.165, 1.54) is 0 Å². The summed E-state index contributed by atoms with van der Waals surface area (Å²) in [6.07, 6.45) is 5.25. The third-order valence-electron chi connectivity index (χ3n) is 3.94. The van der Waals surface area contributed by atoms with E-state index in [0.717, 1.165) is 16.5 Å². The average Bonchev–Trinajstić information content (AvgIpc) is 2.40. The lowest BCUT2D eigenvalue weighted by molar-refractivity contribution is 0.326. The Hall–Kier alpha value is 0.640.